The maximum Gasteiger partial charge on any atom is 0.122 e. The maximum atomic E-state index is 9.85. The monoisotopic (exact) mass is 291 g/mol. The fourth-order valence-corrected chi connectivity index (χ4v) is 3.79. The molecule has 0 radical (unpaired) electrons. The van der Waals surface area contributed by atoms with Crippen molar-refractivity contribution in [2.45, 2.75) is 77.3 Å². The van der Waals surface area contributed by atoms with Gasteiger partial charge in [-0.3, -0.25) is 10.2 Å². The topological polar surface area (TPSA) is 39.1 Å². The van der Waals surface area contributed by atoms with Crippen molar-refractivity contribution < 1.29 is 0 Å². The van der Waals surface area contributed by atoms with Crippen molar-refractivity contribution in [3.05, 3.63) is 0 Å². The summed E-state index contributed by atoms with van der Waals surface area (Å²) in [6, 6.07) is 3.38. The van der Waals surface area contributed by atoms with Crippen LogP contribution >= 0.6 is 0 Å². The summed E-state index contributed by atoms with van der Waals surface area (Å²) in [5.74, 6) is 1.32. The Morgan fingerprint density at radius 3 is 2.38 bits per heavy atom. The minimum Gasteiger partial charge on any atom is -0.298 e. The number of hydrogen-bond acceptors (Lipinski definition) is 3. The second-order valence-corrected chi connectivity index (χ2v) is 7.48. The molecule has 21 heavy (non-hydrogen) atoms. The molecule has 0 spiro atoms. The molecule has 0 aromatic heterocycles. The van der Waals surface area contributed by atoms with Crippen LogP contribution in [0.5, 0.6) is 0 Å². The van der Waals surface area contributed by atoms with Gasteiger partial charge in [-0.1, -0.05) is 33.6 Å². The van der Waals surface area contributed by atoms with Crippen molar-refractivity contribution in [1.82, 2.24) is 10.2 Å². The van der Waals surface area contributed by atoms with Crippen LogP contribution in [0.1, 0.15) is 65.7 Å². The van der Waals surface area contributed by atoms with E-state index < -0.39 is 0 Å². The van der Waals surface area contributed by atoms with Crippen molar-refractivity contribution in [1.29, 1.82) is 5.26 Å². The Balaban J connectivity index is 2.05. The second-order valence-electron chi connectivity index (χ2n) is 7.48. The quantitative estimate of drug-likeness (QED) is 0.706. The predicted octanol–water partition coefficient (Wildman–Crippen LogP) is 3.56. The summed E-state index contributed by atoms with van der Waals surface area (Å²) in [5, 5.41) is 13.4. The van der Waals surface area contributed by atoms with Crippen LogP contribution in [0.3, 0.4) is 0 Å². The van der Waals surface area contributed by atoms with Crippen LogP contribution in [0.4, 0.5) is 0 Å². The average Bonchev–Trinajstić information content (AvgIpc) is 3.18. The summed E-state index contributed by atoms with van der Waals surface area (Å²) in [7, 11) is 0. The molecule has 0 heterocycles. The van der Waals surface area contributed by atoms with Gasteiger partial charge in [0.1, 0.15) is 5.54 Å². The molecule has 1 unspecified atom stereocenters. The Kier molecular flexibility index (Phi) is 6.08. The van der Waals surface area contributed by atoms with E-state index >= 15 is 0 Å². The van der Waals surface area contributed by atoms with Gasteiger partial charge in [-0.05, 0) is 57.0 Å². The smallest absolute Gasteiger partial charge is 0.122 e. The summed E-state index contributed by atoms with van der Waals surface area (Å²) < 4.78 is 0. The summed E-state index contributed by atoms with van der Waals surface area (Å²) in [5.41, 5.74) is -0.297. The van der Waals surface area contributed by atoms with Crippen LogP contribution in [-0.4, -0.2) is 36.1 Å². The van der Waals surface area contributed by atoms with Crippen molar-refractivity contribution in [3.8, 4) is 6.07 Å². The molecule has 3 heteroatoms. The molecule has 120 valence electrons. The number of rotatable bonds is 9. The summed E-state index contributed by atoms with van der Waals surface area (Å²) in [6.07, 6.45) is 9.09. The molecule has 2 aliphatic carbocycles. The third-order valence-electron chi connectivity index (χ3n) is 5.25. The molecule has 2 rings (SSSR count). The molecule has 0 saturated heterocycles. The number of likely N-dealkylation sites (N-methyl/N-ethyl adjacent to an activating group) is 1. The van der Waals surface area contributed by atoms with Crippen molar-refractivity contribution in [3.63, 3.8) is 0 Å². The van der Waals surface area contributed by atoms with Gasteiger partial charge < -0.3 is 0 Å². The lowest BCUT2D eigenvalue weighted by Crippen LogP contribution is -2.56. The molecular weight excluding hydrogens is 258 g/mol. The standard InChI is InChI=1S/C18H33N3/c1-4-20-18(13-19,16-9-10-16)14-21(12-11-15(2)3)17-7-5-6-8-17/h15-17,20H,4-12,14H2,1-3H3. The van der Waals surface area contributed by atoms with E-state index in [0.717, 1.165) is 25.6 Å². The molecular formula is C18H33N3. The van der Waals surface area contributed by atoms with E-state index in [0.29, 0.717) is 12.0 Å². The molecule has 3 nitrogen and oxygen atoms in total. The van der Waals surface area contributed by atoms with E-state index in [1.165, 1.54) is 44.9 Å². The van der Waals surface area contributed by atoms with Crippen LogP contribution in [0.15, 0.2) is 0 Å². The lowest BCUT2D eigenvalue weighted by atomic mass is 9.92. The van der Waals surface area contributed by atoms with Crippen LogP contribution in [0, 0.1) is 23.2 Å². The van der Waals surface area contributed by atoms with Crippen LogP contribution in [0.25, 0.3) is 0 Å². The van der Waals surface area contributed by atoms with Crippen LogP contribution in [-0.2, 0) is 0 Å². The molecule has 0 bridgehead atoms. The fourth-order valence-electron chi connectivity index (χ4n) is 3.79. The average molecular weight is 291 g/mol. The molecule has 2 fully saturated rings. The first-order valence-electron chi connectivity index (χ1n) is 9.01. The number of nitrogens with zero attached hydrogens (tertiary/aromatic N) is 2. The molecule has 0 aromatic carbocycles. The first-order chi connectivity index (χ1) is 10.1. The van der Waals surface area contributed by atoms with E-state index in [4.69, 9.17) is 0 Å². The minimum absolute atomic E-state index is 0.297. The lowest BCUT2D eigenvalue weighted by molar-refractivity contribution is 0.140. The van der Waals surface area contributed by atoms with Gasteiger partial charge in [-0.15, -0.1) is 0 Å². The SMILES string of the molecule is CCNC(C#N)(CN(CCC(C)C)C1CCCC1)C1CC1. The van der Waals surface area contributed by atoms with Gasteiger partial charge in [-0.2, -0.15) is 5.26 Å². The highest BCUT2D eigenvalue weighted by Gasteiger charge is 2.47. The van der Waals surface area contributed by atoms with E-state index in [1.54, 1.807) is 0 Å². The Morgan fingerprint density at radius 1 is 1.24 bits per heavy atom. The van der Waals surface area contributed by atoms with Gasteiger partial charge in [0, 0.05) is 12.6 Å². The third kappa shape index (κ3) is 4.44. The van der Waals surface area contributed by atoms with Gasteiger partial charge in [0.15, 0.2) is 0 Å². The fraction of sp³-hybridized carbons (Fsp3) is 0.944. The largest absolute Gasteiger partial charge is 0.298 e. The molecule has 0 aromatic rings. The highest BCUT2D eigenvalue weighted by atomic mass is 15.2. The number of nitriles is 1. The second kappa shape index (κ2) is 7.61. The predicted molar refractivity (Wildman–Crippen MR) is 88.0 cm³/mol. The van der Waals surface area contributed by atoms with Gasteiger partial charge >= 0.3 is 0 Å². The van der Waals surface area contributed by atoms with Gasteiger partial charge in [0.2, 0.25) is 0 Å². The van der Waals surface area contributed by atoms with Gasteiger partial charge in [0.25, 0.3) is 0 Å². The Bertz CT molecular complexity index is 350. The first kappa shape index (κ1) is 16.8. The molecule has 0 amide bonds. The van der Waals surface area contributed by atoms with Gasteiger partial charge in [0.05, 0.1) is 6.07 Å². The highest BCUT2D eigenvalue weighted by molar-refractivity contribution is 5.17. The van der Waals surface area contributed by atoms with E-state index in [2.05, 4.69) is 37.1 Å². The highest BCUT2D eigenvalue weighted by Crippen LogP contribution is 2.40. The van der Waals surface area contributed by atoms with E-state index in [9.17, 15) is 5.26 Å². The number of hydrogen-bond donors (Lipinski definition) is 1. The zero-order chi connectivity index (χ0) is 15.3. The summed E-state index contributed by atoms with van der Waals surface area (Å²) in [4.78, 5) is 2.65. The van der Waals surface area contributed by atoms with Crippen LogP contribution < -0.4 is 5.32 Å². The Labute approximate surface area is 131 Å². The normalized spacial score (nSPS) is 22.7. The molecule has 1 atom stereocenters. The van der Waals surface area contributed by atoms with E-state index in [1.807, 2.05) is 0 Å². The molecule has 2 aliphatic rings. The first-order valence-corrected chi connectivity index (χ1v) is 9.01. The van der Waals surface area contributed by atoms with Crippen molar-refractivity contribution in [2.75, 3.05) is 19.6 Å². The minimum atomic E-state index is -0.297. The maximum absolute atomic E-state index is 9.85. The Morgan fingerprint density at radius 2 is 1.90 bits per heavy atom. The van der Waals surface area contributed by atoms with Gasteiger partial charge in [-0.25, -0.2) is 0 Å². The van der Waals surface area contributed by atoms with Crippen molar-refractivity contribution >= 4 is 0 Å². The lowest BCUT2D eigenvalue weighted by Gasteiger charge is -2.38. The summed E-state index contributed by atoms with van der Waals surface area (Å²) in [6.45, 7) is 9.71. The molecule has 2 saturated carbocycles. The van der Waals surface area contributed by atoms with E-state index in [-0.39, 0.29) is 5.54 Å². The zero-order valence-electron chi connectivity index (χ0n) is 14.2. The summed E-state index contributed by atoms with van der Waals surface area (Å²) >= 11 is 0. The Hall–Kier alpha value is -0.590. The third-order valence-corrected chi connectivity index (χ3v) is 5.25. The number of nitrogens with one attached hydrogen (secondary N) is 1. The molecule has 0 aliphatic heterocycles. The zero-order valence-corrected chi connectivity index (χ0v) is 14.2. The molecule has 1 N–H and O–H groups in total. The van der Waals surface area contributed by atoms with Crippen molar-refractivity contribution in [2.24, 2.45) is 11.8 Å². The van der Waals surface area contributed by atoms with Crippen LogP contribution in [0.2, 0.25) is 0 Å².